The molecule has 1 aromatic carbocycles. The molecular weight excluding hydrogens is 254 g/mol. The molecular formula is C14H15N5O. The van der Waals surface area contributed by atoms with E-state index in [0.717, 1.165) is 0 Å². The van der Waals surface area contributed by atoms with Crippen LogP contribution in [0, 0.1) is 22.7 Å². The first kappa shape index (κ1) is 15.2. The molecule has 102 valence electrons. The number of carbonyl (C=O) groups is 1. The highest BCUT2D eigenvalue weighted by molar-refractivity contribution is 6.10. The van der Waals surface area contributed by atoms with Crippen LogP contribution in [0.3, 0.4) is 0 Å². The van der Waals surface area contributed by atoms with E-state index in [9.17, 15) is 4.79 Å². The first-order valence-corrected chi connectivity index (χ1v) is 6.20. The number of anilines is 1. The first-order valence-electron chi connectivity index (χ1n) is 6.20. The quantitative estimate of drug-likeness (QED) is 0.653. The number of hydrazone groups is 1. The minimum absolute atomic E-state index is 0.122. The zero-order chi connectivity index (χ0) is 15.0. The van der Waals surface area contributed by atoms with Crippen LogP contribution in [0.4, 0.5) is 5.69 Å². The summed E-state index contributed by atoms with van der Waals surface area (Å²) in [7, 11) is 0. The summed E-state index contributed by atoms with van der Waals surface area (Å²) in [5, 5.41) is 20.9. The van der Waals surface area contributed by atoms with E-state index < -0.39 is 0 Å². The lowest BCUT2D eigenvalue weighted by Gasteiger charge is -2.20. The summed E-state index contributed by atoms with van der Waals surface area (Å²) in [4.78, 5) is 14.0. The molecule has 0 bridgehead atoms. The van der Waals surface area contributed by atoms with Gasteiger partial charge < -0.3 is 4.90 Å². The Hall–Kier alpha value is -2.86. The summed E-state index contributed by atoms with van der Waals surface area (Å²) in [5.74, 6) is -0.122. The van der Waals surface area contributed by atoms with Gasteiger partial charge in [-0.1, -0.05) is 12.1 Å². The molecule has 1 aromatic rings. The van der Waals surface area contributed by atoms with E-state index in [1.54, 1.807) is 41.3 Å². The van der Waals surface area contributed by atoms with Gasteiger partial charge in [-0.05, 0) is 26.0 Å². The van der Waals surface area contributed by atoms with Crippen molar-refractivity contribution in [2.45, 2.75) is 13.8 Å². The largest absolute Gasteiger partial charge is 0.339 e. The number of para-hydroxylation sites is 1. The van der Waals surface area contributed by atoms with Crippen LogP contribution in [-0.2, 0) is 0 Å². The number of hydrogen-bond donors (Lipinski definition) is 1. The fourth-order valence-electron chi connectivity index (χ4n) is 1.64. The molecule has 0 saturated heterocycles. The molecule has 0 aromatic heterocycles. The van der Waals surface area contributed by atoms with E-state index in [2.05, 4.69) is 10.5 Å². The molecule has 0 saturated carbocycles. The molecule has 1 rings (SSSR count). The molecule has 6 heteroatoms. The Morgan fingerprint density at radius 3 is 2.40 bits per heavy atom. The van der Waals surface area contributed by atoms with Gasteiger partial charge in [0.05, 0.1) is 11.3 Å². The number of hydrogen-bond acceptors (Lipinski definition) is 5. The molecule has 0 aliphatic rings. The lowest BCUT2D eigenvalue weighted by Crippen LogP contribution is -2.30. The molecule has 20 heavy (non-hydrogen) atoms. The molecule has 0 atom stereocenters. The summed E-state index contributed by atoms with van der Waals surface area (Å²) in [6.07, 6.45) is 0. The summed E-state index contributed by atoms with van der Waals surface area (Å²) in [6, 6.07) is 10.1. The third-order valence-electron chi connectivity index (χ3n) is 2.71. The molecule has 0 spiro atoms. The van der Waals surface area contributed by atoms with Crippen molar-refractivity contribution in [2.24, 2.45) is 5.10 Å². The maximum atomic E-state index is 12.3. The maximum Gasteiger partial charge on any atom is 0.256 e. The Bertz CT molecular complexity index is 574. The van der Waals surface area contributed by atoms with Gasteiger partial charge in [-0.25, -0.2) is 0 Å². The molecule has 0 aliphatic heterocycles. The van der Waals surface area contributed by atoms with E-state index in [4.69, 9.17) is 10.5 Å². The van der Waals surface area contributed by atoms with Gasteiger partial charge in [0.1, 0.15) is 12.1 Å². The number of nitrogens with one attached hydrogen (secondary N) is 1. The Morgan fingerprint density at radius 2 is 1.85 bits per heavy atom. The summed E-state index contributed by atoms with van der Waals surface area (Å²) < 4.78 is 0. The Balaban J connectivity index is 3.07. The predicted octanol–water partition coefficient (Wildman–Crippen LogP) is 1.98. The second-order valence-corrected chi connectivity index (χ2v) is 3.82. The molecule has 1 N–H and O–H groups in total. The minimum atomic E-state index is -0.296. The molecule has 0 fully saturated rings. The summed E-state index contributed by atoms with van der Waals surface area (Å²) >= 11 is 0. The predicted molar refractivity (Wildman–Crippen MR) is 76.0 cm³/mol. The van der Waals surface area contributed by atoms with Crippen molar-refractivity contribution in [1.82, 2.24) is 4.90 Å². The van der Waals surface area contributed by atoms with Gasteiger partial charge in [-0.2, -0.15) is 15.6 Å². The molecule has 0 radical (unpaired) electrons. The van der Waals surface area contributed by atoms with Crippen LogP contribution in [0.15, 0.2) is 29.4 Å². The van der Waals surface area contributed by atoms with Crippen LogP contribution in [0.2, 0.25) is 0 Å². The van der Waals surface area contributed by atoms with Gasteiger partial charge in [-0.15, -0.1) is 0 Å². The number of carbonyl (C=O) groups excluding carboxylic acids is 1. The van der Waals surface area contributed by atoms with Gasteiger partial charge in [0.2, 0.25) is 5.71 Å². The number of nitriles is 2. The molecule has 1 amide bonds. The normalized spacial score (nSPS) is 9.00. The summed E-state index contributed by atoms with van der Waals surface area (Å²) in [6.45, 7) is 5.02. The highest BCUT2D eigenvalue weighted by Gasteiger charge is 2.15. The fourth-order valence-corrected chi connectivity index (χ4v) is 1.64. The Labute approximate surface area is 117 Å². The monoisotopic (exact) mass is 269 g/mol. The number of rotatable bonds is 5. The van der Waals surface area contributed by atoms with E-state index >= 15 is 0 Å². The average Bonchev–Trinajstić information content (AvgIpc) is 2.49. The van der Waals surface area contributed by atoms with Crippen molar-refractivity contribution in [3.05, 3.63) is 29.8 Å². The highest BCUT2D eigenvalue weighted by atomic mass is 16.2. The standard InChI is InChI=1S/C14H15N5O/c1-3-19(4-2)14(20)12-7-5-6-8-13(12)18-17-11(9-15)10-16/h5-8,18H,3-4H2,1-2H3. The SMILES string of the molecule is CCN(CC)C(=O)c1ccccc1NN=C(C#N)C#N. The maximum absolute atomic E-state index is 12.3. The van der Waals surface area contributed by atoms with E-state index in [0.29, 0.717) is 24.3 Å². The van der Waals surface area contributed by atoms with Crippen LogP contribution < -0.4 is 5.43 Å². The number of benzene rings is 1. The van der Waals surface area contributed by atoms with Crippen LogP contribution >= 0.6 is 0 Å². The van der Waals surface area contributed by atoms with Gasteiger partial charge in [-0.3, -0.25) is 10.2 Å². The molecule has 0 heterocycles. The van der Waals surface area contributed by atoms with Crippen LogP contribution in [-0.4, -0.2) is 29.6 Å². The molecule has 6 nitrogen and oxygen atoms in total. The molecule has 0 aliphatic carbocycles. The minimum Gasteiger partial charge on any atom is -0.339 e. The van der Waals surface area contributed by atoms with Crippen molar-refractivity contribution >= 4 is 17.3 Å². The topological polar surface area (TPSA) is 92.3 Å². The van der Waals surface area contributed by atoms with Crippen LogP contribution in [0.5, 0.6) is 0 Å². The van der Waals surface area contributed by atoms with Crippen molar-refractivity contribution in [1.29, 1.82) is 10.5 Å². The second-order valence-electron chi connectivity index (χ2n) is 3.82. The fraction of sp³-hybridized carbons (Fsp3) is 0.286. The number of nitrogens with zero attached hydrogens (tertiary/aromatic N) is 4. The summed E-state index contributed by atoms with van der Waals surface area (Å²) in [5.41, 5.74) is 3.22. The van der Waals surface area contributed by atoms with Gasteiger partial charge in [0, 0.05) is 13.1 Å². The third kappa shape index (κ3) is 3.56. The zero-order valence-electron chi connectivity index (χ0n) is 11.4. The van der Waals surface area contributed by atoms with Crippen molar-refractivity contribution in [3.63, 3.8) is 0 Å². The lowest BCUT2D eigenvalue weighted by atomic mass is 10.1. The first-order chi connectivity index (χ1) is 9.67. The van der Waals surface area contributed by atoms with Crippen LogP contribution in [0.25, 0.3) is 0 Å². The zero-order valence-corrected chi connectivity index (χ0v) is 11.4. The van der Waals surface area contributed by atoms with Gasteiger partial charge in [0.25, 0.3) is 5.91 Å². The molecule has 0 unspecified atom stereocenters. The third-order valence-corrected chi connectivity index (χ3v) is 2.71. The van der Waals surface area contributed by atoms with Crippen molar-refractivity contribution in [2.75, 3.05) is 18.5 Å². The second kappa shape index (κ2) is 7.55. The Kier molecular flexibility index (Phi) is 5.74. The number of amides is 1. The Morgan fingerprint density at radius 1 is 1.25 bits per heavy atom. The smallest absolute Gasteiger partial charge is 0.256 e. The lowest BCUT2D eigenvalue weighted by molar-refractivity contribution is 0.0774. The van der Waals surface area contributed by atoms with E-state index in [1.165, 1.54) is 0 Å². The van der Waals surface area contributed by atoms with Crippen molar-refractivity contribution in [3.8, 4) is 12.1 Å². The highest BCUT2D eigenvalue weighted by Crippen LogP contribution is 2.17. The average molecular weight is 269 g/mol. The van der Waals surface area contributed by atoms with Crippen LogP contribution in [0.1, 0.15) is 24.2 Å². The van der Waals surface area contributed by atoms with Gasteiger partial charge in [0.15, 0.2) is 0 Å². The van der Waals surface area contributed by atoms with Gasteiger partial charge >= 0.3 is 0 Å². The van der Waals surface area contributed by atoms with Crippen molar-refractivity contribution < 1.29 is 4.79 Å². The van der Waals surface area contributed by atoms with E-state index in [1.807, 2.05) is 13.8 Å². The van der Waals surface area contributed by atoms with E-state index in [-0.39, 0.29) is 11.6 Å².